The molecule has 1 heterocycles. The number of carbonyl (C=O) groups is 2. The number of carbonyl (C=O) groups excluding carboxylic acids is 1. The molecular formula is C12H16BrNO4S. The number of carboxylic acids is 1. The molecule has 5 nitrogen and oxygen atoms in total. The highest BCUT2D eigenvalue weighted by Crippen LogP contribution is 2.29. The minimum absolute atomic E-state index is 0.188. The number of thiophene rings is 1. The summed E-state index contributed by atoms with van der Waals surface area (Å²) in [7, 11) is 0. The SMILES string of the molecule is CC(C)(C)OC(=O)N[C@@H](CC(=O)O)c1ccc(Br)s1. The Labute approximate surface area is 124 Å². The molecule has 0 aliphatic heterocycles. The van der Waals surface area contributed by atoms with E-state index < -0.39 is 23.7 Å². The van der Waals surface area contributed by atoms with Gasteiger partial charge in [0.05, 0.1) is 16.2 Å². The second-order valence-electron chi connectivity index (χ2n) is 4.94. The van der Waals surface area contributed by atoms with Crippen molar-refractivity contribution in [3.05, 3.63) is 20.8 Å². The Kier molecular flexibility index (Phi) is 5.37. The quantitative estimate of drug-likeness (QED) is 0.871. The van der Waals surface area contributed by atoms with Crippen molar-refractivity contribution in [3.63, 3.8) is 0 Å². The van der Waals surface area contributed by atoms with Crippen LogP contribution < -0.4 is 5.32 Å². The van der Waals surface area contributed by atoms with Gasteiger partial charge in [-0.3, -0.25) is 4.79 Å². The molecule has 7 heteroatoms. The zero-order chi connectivity index (χ0) is 14.6. The summed E-state index contributed by atoms with van der Waals surface area (Å²) in [5.74, 6) is -0.981. The summed E-state index contributed by atoms with van der Waals surface area (Å²) >= 11 is 4.69. The first-order valence-electron chi connectivity index (χ1n) is 5.64. The van der Waals surface area contributed by atoms with Gasteiger partial charge in [-0.1, -0.05) is 0 Å². The molecule has 1 aromatic heterocycles. The van der Waals surface area contributed by atoms with E-state index in [1.165, 1.54) is 11.3 Å². The molecule has 0 aliphatic rings. The summed E-state index contributed by atoms with van der Waals surface area (Å²) in [4.78, 5) is 23.3. The summed E-state index contributed by atoms with van der Waals surface area (Å²) in [6.07, 6.45) is -0.810. The van der Waals surface area contributed by atoms with Crippen molar-refractivity contribution in [1.82, 2.24) is 5.32 Å². The average molecular weight is 350 g/mol. The lowest BCUT2D eigenvalue weighted by Crippen LogP contribution is -2.35. The number of alkyl carbamates (subject to hydrolysis) is 1. The van der Waals surface area contributed by atoms with Crippen molar-refractivity contribution in [1.29, 1.82) is 0 Å². The summed E-state index contributed by atoms with van der Waals surface area (Å²) < 4.78 is 6.01. The zero-order valence-corrected chi connectivity index (χ0v) is 13.3. The third-order valence-corrected chi connectivity index (χ3v) is 3.74. The molecule has 0 spiro atoms. The lowest BCUT2D eigenvalue weighted by molar-refractivity contribution is -0.137. The smallest absolute Gasteiger partial charge is 0.408 e. The third-order valence-electron chi connectivity index (χ3n) is 2.01. The average Bonchev–Trinajstić information content (AvgIpc) is 2.60. The number of amides is 1. The number of hydrogen-bond acceptors (Lipinski definition) is 4. The molecule has 1 amide bonds. The van der Waals surface area contributed by atoms with Gasteiger partial charge in [0.2, 0.25) is 0 Å². The number of halogens is 1. The highest BCUT2D eigenvalue weighted by Gasteiger charge is 2.23. The largest absolute Gasteiger partial charge is 0.481 e. The van der Waals surface area contributed by atoms with E-state index in [1.54, 1.807) is 26.8 Å². The van der Waals surface area contributed by atoms with E-state index >= 15 is 0 Å². The van der Waals surface area contributed by atoms with Crippen molar-refractivity contribution < 1.29 is 19.4 Å². The molecule has 1 atom stereocenters. The van der Waals surface area contributed by atoms with Crippen LogP contribution in [-0.4, -0.2) is 22.8 Å². The van der Waals surface area contributed by atoms with Gasteiger partial charge in [0.1, 0.15) is 5.60 Å². The van der Waals surface area contributed by atoms with Crippen molar-refractivity contribution in [3.8, 4) is 0 Å². The molecular weight excluding hydrogens is 334 g/mol. The van der Waals surface area contributed by atoms with Crippen molar-refractivity contribution >= 4 is 39.3 Å². The first-order chi connectivity index (χ1) is 8.67. The Bertz CT molecular complexity index is 467. The molecule has 0 unspecified atom stereocenters. The van der Waals surface area contributed by atoms with Gasteiger partial charge >= 0.3 is 12.1 Å². The van der Waals surface area contributed by atoms with E-state index in [-0.39, 0.29) is 6.42 Å². The van der Waals surface area contributed by atoms with Crippen molar-refractivity contribution in [2.24, 2.45) is 0 Å². The molecule has 106 valence electrons. The lowest BCUT2D eigenvalue weighted by atomic mass is 10.1. The monoisotopic (exact) mass is 349 g/mol. The predicted molar refractivity (Wildman–Crippen MR) is 76.4 cm³/mol. The van der Waals surface area contributed by atoms with Gasteiger partial charge in [-0.2, -0.15) is 0 Å². The van der Waals surface area contributed by atoms with Crippen LogP contribution in [0.3, 0.4) is 0 Å². The van der Waals surface area contributed by atoms with Crippen LogP contribution in [0.1, 0.15) is 38.1 Å². The standard InChI is InChI=1S/C12H16BrNO4S/c1-12(2,3)18-11(17)14-7(6-10(15)16)8-4-5-9(13)19-8/h4-5,7H,6H2,1-3H3,(H,14,17)(H,15,16)/t7-/m0/s1. The topological polar surface area (TPSA) is 75.6 Å². The minimum atomic E-state index is -0.981. The highest BCUT2D eigenvalue weighted by molar-refractivity contribution is 9.11. The second-order valence-corrected chi connectivity index (χ2v) is 7.43. The summed E-state index contributed by atoms with van der Waals surface area (Å²) in [5, 5.41) is 11.5. The molecule has 2 N–H and O–H groups in total. The van der Waals surface area contributed by atoms with Gasteiger partial charge in [-0.25, -0.2) is 4.79 Å². The van der Waals surface area contributed by atoms with Gasteiger partial charge in [-0.05, 0) is 48.8 Å². The number of hydrogen-bond donors (Lipinski definition) is 2. The fraction of sp³-hybridized carbons (Fsp3) is 0.500. The molecule has 0 aromatic carbocycles. The molecule has 0 bridgehead atoms. The molecule has 0 saturated heterocycles. The predicted octanol–water partition coefficient (Wildman–Crippen LogP) is 3.55. The Balaban J connectivity index is 2.76. The van der Waals surface area contributed by atoms with E-state index in [4.69, 9.17) is 9.84 Å². The van der Waals surface area contributed by atoms with Crippen LogP contribution >= 0.6 is 27.3 Å². The van der Waals surface area contributed by atoms with Crippen molar-refractivity contribution in [2.45, 2.75) is 38.8 Å². The normalized spacial score (nSPS) is 12.8. The van der Waals surface area contributed by atoms with Crippen LogP contribution in [0.4, 0.5) is 4.79 Å². The fourth-order valence-electron chi connectivity index (χ4n) is 1.36. The maximum atomic E-state index is 11.7. The molecule has 1 aromatic rings. The highest BCUT2D eigenvalue weighted by atomic mass is 79.9. The van der Waals surface area contributed by atoms with Gasteiger partial charge in [-0.15, -0.1) is 11.3 Å². The van der Waals surface area contributed by atoms with Gasteiger partial charge in [0, 0.05) is 4.88 Å². The third kappa shape index (κ3) is 6.07. The van der Waals surface area contributed by atoms with Gasteiger partial charge < -0.3 is 15.2 Å². The molecule has 0 fully saturated rings. The maximum Gasteiger partial charge on any atom is 0.408 e. The van der Waals surface area contributed by atoms with Gasteiger partial charge in [0.15, 0.2) is 0 Å². The Morgan fingerprint density at radius 3 is 2.53 bits per heavy atom. The molecule has 0 radical (unpaired) electrons. The first kappa shape index (κ1) is 16.0. The minimum Gasteiger partial charge on any atom is -0.481 e. The molecule has 1 rings (SSSR count). The molecule has 0 saturated carbocycles. The Morgan fingerprint density at radius 2 is 2.11 bits per heavy atom. The van der Waals surface area contributed by atoms with Gasteiger partial charge in [0.25, 0.3) is 0 Å². The zero-order valence-electron chi connectivity index (χ0n) is 10.9. The first-order valence-corrected chi connectivity index (χ1v) is 7.25. The van der Waals surface area contributed by atoms with Crippen LogP contribution in [0, 0.1) is 0 Å². The van der Waals surface area contributed by atoms with E-state index in [2.05, 4.69) is 21.2 Å². The van der Waals surface area contributed by atoms with Crippen LogP contribution in [0.2, 0.25) is 0 Å². The fourth-order valence-corrected chi connectivity index (χ4v) is 2.84. The van der Waals surface area contributed by atoms with E-state index in [9.17, 15) is 9.59 Å². The summed E-state index contributed by atoms with van der Waals surface area (Å²) in [6.45, 7) is 5.25. The number of rotatable bonds is 4. The second kappa shape index (κ2) is 6.38. The van der Waals surface area contributed by atoms with E-state index in [0.29, 0.717) is 0 Å². The molecule has 0 aliphatic carbocycles. The van der Waals surface area contributed by atoms with E-state index in [0.717, 1.165) is 8.66 Å². The number of nitrogens with one attached hydrogen (secondary N) is 1. The Morgan fingerprint density at radius 1 is 1.47 bits per heavy atom. The van der Waals surface area contributed by atoms with Crippen LogP contribution in [0.25, 0.3) is 0 Å². The summed E-state index contributed by atoms with van der Waals surface area (Å²) in [6, 6.07) is 2.99. The number of carboxylic acid groups (broad SMARTS) is 1. The number of ether oxygens (including phenoxy) is 1. The number of aliphatic carboxylic acids is 1. The van der Waals surface area contributed by atoms with E-state index in [1.807, 2.05) is 6.07 Å². The summed E-state index contributed by atoms with van der Waals surface area (Å²) in [5.41, 5.74) is -0.617. The van der Waals surface area contributed by atoms with Crippen LogP contribution in [-0.2, 0) is 9.53 Å². The van der Waals surface area contributed by atoms with Crippen LogP contribution in [0.5, 0.6) is 0 Å². The molecule has 19 heavy (non-hydrogen) atoms. The lowest BCUT2D eigenvalue weighted by Gasteiger charge is -2.22. The van der Waals surface area contributed by atoms with Crippen LogP contribution in [0.15, 0.2) is 15.9 Å². The maximum absolute atomic E-state index is 11.7. The Hall–Kier alpha value is -1.08. The van der Waals surface area contributed by atoms with Crippen molar-refractivity contribution in [2.75, 3.05) is 0 Å².